The second-order valence-corrected chi connectivity index (χ2v) is 15.5. The van der Waals surface area contributed by atoms with Crippen molar-refractivity contribution in [2.45, 2.75) is 0 Å². The normalized spacial score (nSPS) is 12.3. The first-order valence-electron chi connectivity index (χ1n) is 19.6. The van der Waals surface area contributed by atoms with E-state index in [2.05, 4.69) is 194 Å². The van der Waals surface area contributed by atoms with Gasteiger partial charge in [0.2, 0.25) is 0 Å². The Hall–Kier alpha value is -7.28. The summed E-state index contributed by atoms with van der Waals surface area (Å²) in [5.74, 6) is 0. The molecule has 0 aliphatic carbocycles. The molecule has 0 bridgehead atoms. The van der Waals surface area contributed by atoms with E-state index in [0.717, 1.165) is 0 Å². The second-order valence-electron chi connectivity index (χ2n) is 15.5. The first kappa shape index (κ1) is 30.1. The van der Waals surface area contributed by atoms with Gasteiger partial charge < -0.3 is 0 Å². The Labute approximate surface area is 322 Å². The first-order valence-corrected chi connectivity index (χ1v) is 19.6. The van der Waals surface area contributed by atoms with E-state index >= 15 is 0 Å². The Balaban J connectivity index is 1.35. The minimum Gasteiger partial charge on any atom is -0.0616 e. The standard InChI is InChI=1S/C56H32/c1-2-14-38-32-50-49(31-37(38)13-1)53(45-21-9-19-41-39-17-5-3-11-33(39)27-29-43(41)45)55-47-23-7-15-35-25-26-36-16-8-24-48(52(36)51(35)47)56(55)54(50)46-22-10-20-42-40-18-6-4-12-34(40)28-30-44(42)46/h1-32H. The average Bonchev–Trinajstić information content (AvgIpc) is 3.26. The number of benzene rings is 13. The summed E-state index contributed by atoms with van der Waals surface area (Å²) in [5, 5.41) is 25.7. The molecule has 0 N–H and O–H groups in total. The number of hydrogen-bond donors (Lipinski definition) is 0. The van der Waals surface area contributed by atoms with Crippen LogP contribution in [-0.4, -0.2) is 0 Å². The lowest BCUT2D eigenvalue weighted by Gasteiger charge is -2.24. The lowest BCUT2D eigenvalue weighted by Crippen LogP contribution is -1.96. The van der Waals surface area contributed by atoms with Crippen molar-refractivity contribution in [1.29, 1.82) is 0 Å². The molecule has 0 aliphatic rings. The van der Waals surface area contributed by atoms with Crippen molar-refractivity contribution in [2.24, 2.45) is 0 Å². The summed E-state index contributed by atoms with van der Waals surface area (Å²) in [6.07, 6.45) is 0. The smallest absolute Gasteiger partial charge is 0.000718 e. The third kappa shape index (κ3) is 3.98. The highest BCUT2D eigenvalue weighted by Crippen LogP contribution is 2.53. The summed E-state index contributed by atoms with van der Waals surface area (Å²) in [6.45, 7) is 0. The zero-order valence-electron chi connectivity index (χ0n) is 30.5. The van der Waals surface area contributed by atoms with E-state index in [1.165, 1.54) is 130 Å². The van der Waals surface area contributed by atoms with Crippen LogP contribution >= 0.6 is 0 Å². The van der Waals surface area contributed by atoms with E-state index in [9.17, 15) is 0 Å². The predicted octanol–water partition coefficient (Wildman–Crippen LogP) is 16.0. The number of hydrogen-bond acceptors (Lipinski definition) is 0. The molecular formula is C56H32. The molecule has 13 aromatic rings. The predicted molar refractivity (Wildman–Crippen MR) is 244 cm³/mol. The van der Waals surface area contributed by atoms with Gasteiger partial charge in [0.25, 0.3) is 0 Å². The van der Waals surface area contributed by atoms with E-state index in [0.29, 0.717) is 0 Å². The molecule has 0 fully saturated rings. The molecule has 0 nitrogen and oxygen atoms in total. The van der Waals surface area contributed by atoms with E-state index in [-0.39, 0.29) is 0 Å². The Morgan fingerprint density at radius 2 is 0.536 bits per heavy atom. The summed E-state index contributed by atoms with van der Waals surface area (Å²) >= 11 is 0. The van der Waals surface area contributed by atoms with Crippen LogP contribution < -0.4 is 0 Å². The van der Waals surface area contributed by atoms with Crippen LogP contribution in [0.25, 0.3) is 130 Å². The van der Waals surface area contributed by atoms with E-state index in [4.69, 9.17) is 0 Å². The SMILES string of the molecule is c1ccc2cc3c(-c4cccc5c4ccc4ccccc45)c4c5cccc6ccc7cccc(c4c(-c4cccc8c4ccc4ccccc48)c3cc2c1)c7c65. The van der Waals surface area contributed by atoms with Gasteiger partial charge in [-0.1, -0.05) is 182 Å². The molecule has 0 aromatic heterocycles. The zero-order valence-corrected chi connectivity index (χ0v) is 30.5. The van der Waals surface area contributed by atoms with Gasteiger partial charge in [-0.3, -0.25) is 0 Å². The maximum Gasteiger partial charge on any atom is -0.000718 e. The van der Waals surface area contributed by atoms with Crippen LogP contribution in [0.4, 0.5) is 0 Å². The fraction of sp³-hybridized carbons (Fsp3) is 0. The largest absolute Gasteiger partial charge is 0.0616 e. The maximum atomic E-state index is 2.48. The van der Waals surface area contributed by atoms with Gasteiger partial charge in [-0.05, 0) is 142 Å². The van der Waals surface area contributed by atoms with Crippen LogP contribution in [0, 0.1) is 0 Å². The minimum atomic E-state index is 1.25. The molecule has 0 heteroatoms. The van der Waals surface area contributed by atoms with E-state index < -0.39 is 0 Å². The zero-order chi connectivity index (χ0) is 36.5. The molecule has 0 radical (unpaired) electrons. The van der Waals surface area contributed by atoms with Crippen LogP contribution in [0.1, 0.15) is 0 Å². The van der Waals surface area contributed by atoms with Gasteiger partial charge in [-0.15, -0.1) is 0 Å². The molecule has 0 spiro atoms. The van der Waals surface area contributed by atoms with Crippen LogP contribution in [0.3, 0.4) is 0 Å². The Kier molecular flexibility index (Phi) is 5.98. The fourth-order valence-corrected chi connectivity index (χ4v) is 10.4. The molecule has 0 amide bonds. The second kappa shape index (κ2) is 11.1. The Bertz CT molecular complexity index is 3560. The van der Waals surface area contributed by atoms with Crippen molar-refractivity contribution in [3.8, 4) is 22.3 Å². The number of fused-ring (bicyclic) bond motifs is 11. The summed E-state index contributed by atoms with van der Waals surface area (Å²) in [6, 6.07) is 73.1. The topological polar surface area (TPSA) is 0 Å². The van der Waals surface area contributed by atoms with Crippen molar-refractivity contribution in [3.63, 3.8) is 0 Å². The van der Waals surface area contributed by atoms with Gasteiger partial charge in [0.1, 0.15) is 0 Å². The first-order chi connectivity index (χ1) is 27.8. The van der Waals surface area contributed by atoms with E-state index in [1.54, 1.807) is 0 Å². The lowest BCUT2D eigenvalue weighted by molar-refractivity contribution is 1.72. The van der Waals surface area contributed by atoms with Gasteiger partial charge in [-0.2, -0.15) is 0 Å². The molecule has 0 unspecified atom stereocenters. The molecule has 0 heterocycles. The molecule has 0 saturated heterocycles. The van der Waals surface area contributed by atoms with Crippen LogP contribution in [0.15, 0.2) is 194 Å². The van der Waals surface area contributed by atoms with Crippen molar-refractivity contribution in [2.75, 3.05) is 0 Å². The summed E-state index contributed by atoms with van der Waals surface area (Å²) in [7, 11) is 0. The third-order valence-electron chi connectivity index (χ3n) is 12.7. The molecule has 256 valence electrons. The molecular weight excluding hydrogens is 673 g/mol. The summed E-state index contributed by atoms with van der Waals surface area (Å²) in [5.41, 5.74) is 5.14. The van der Waals surface area contributed by atoms with Gasteiger partial charge in [-0.25, -0.2) is 0 Å². The Morgan fingerprint density at radius 1 is 0.179 bits per heavy atom. The molecule has 0 saturated carbocycles. The fourth-order valence-electron chi connectivity index (χ4n) is 10.4. The van der Waals surface area contributed by atoms with Gasteiger partial charge in [0.15, 0.2) is 0 Å². The van der Waals surface area contributed by atoms with Crippen LogP contribution in [0.5, 0.6) is 0 Å². The van der Waals surface area contributed by atoms with Crippen molar-refractivity contribution in [1.82, 2.24) is 0 Å². The maximum absolute atomic E-state index is 2.48. The highest BCUT2D eigenvalue weighted by Gasteiger charge is 2.25. The van der Waals surface area contributed by atoms with Gasteiger partial charge in [0.05, 0.1) is 0 Å². The third-order valence-corrected chi connectivity index (χ3v) is 12.7. The average molecular weight is 705 g/mol. The summed E-state index contributed by atoms with van der Waals surface area (Å²) in [4.78, 5) is 0. The van der Waals surface area contributed by atoms with Crippen molar-refractivity contribution >= 4 is 108 Å². The van der Waals surface area contributed by atoms with Crippen LogP contribution in [-0.2, 0) is 0 Å². The van der Waals surface area contributed by atoms with Crippen LogP contribution in [0.2, 0.25) is 0 Å². The molecule has 13 aromatic carbocycles. The van der Waals surface area contributed by atoms with Gasteiger partial charge in [0, 0.05) is 0 Å². The van der Waals surface area contributed by atoms with Crippen molar-refractivity contribution in [3.05, 3.63) is 194 Å². The lowest BCUT2D eigenvalue weighted by atomic mass is 9.78. The minimum absolute atomic E-state index is 1.25. The quantitative estimate of drug-likeness (QED) is 0.124. The molecule has 13 rings (SSSR count). The van der Waals surface area contributed by atoms with Crippen molar-refractivity contribution < 1.29 is 0 Å². The van der Waals surface area contributed by atoms with E-state index in [1.807, 2.05) is 0 Å². The monoisotopic (exact) mass is 704 g/mol. The highest BCUT2D eigenvalue weighted by molar-refractivity contribution is 6.42. The Morgan fingerprint density at radius 3 is 1.02 bits per heavy atom. The summed E-state index contributed by atoms with van der Waals surface area (Å²) < 4.78 is 0. The van der Waals surface area contributed by atoms with Gasteiger partial charge >= 0.3 is 0 Å². The molecule has 0 aliphatic heterocycles. The highest BCUT2D eigenvalue weighted by atomic mass is 14.3. The molecule has 0 atom stereocenters. The molecule has 56 heavy (non-hydrogen) atoms. The number of rotatable bonds is 2.